The molecule has 0 aromatic heterocycles. The van der Waals surface area contributed by atoms with Crippen LogP contribution in [0.25, 0.3) is 0 Å². The molecule has 4 N–H and O–H groups in total. The summed E-state index contributed by atoms with van der Waals surface area (Å²) in [4.78, 5) is 30.8. The van der Waals surface area contributed by atoms with E-state index in [0.717, 1.165) is 0 Å². The summed E-state index contributed by atoms with van der Waals surface area (Å²) >= 11 is 0. The minimum absolute atomic E-state index is 0. The monoisotopic (exact) mass is 314 g/mol. The summed E-state index contributed by atoms with van der Waals surface area (Å²) in [5.74, 6) is 0. The van der Waals surface area contributed by atoms with Crippen LogP contribution in [0.5, 0.6) is 0 Å². The van der Waals surface area contributed by atoms with Crippen molar-refractivity contribution in [3.8, 4) is 0 Å². The third-order valence-corrected chi connectivity index (χ3v) is 3.14. The van der Waals surface area contributed by atoms with Crippen molar-refractivity contribution in [2.45, 2.75) is 0 Å². The van der Waals surface area contributed by atoms with E-state index in [9.17, 15) is 17.8 Å². The molecular formula is H8AlLiO10Si4. The van der Waals surface area contributed by atoms with Crippen molar-refractivity contribution in [2.75, 3.05) is 0 Å². The van der Waals surface area contributed by atoms with Crippen LogP contribution in [0.15, 0.2) is 0 Å². The van der Waals surface area contributed by atoms with Gasteiger partial charge in [0.2, 0.25) is 0 Å². The Balaban J connectivity index is -0.0000000480. The molecule has 0 saturated carbocycles. The van der Waals surface area contributed by atoms with E-state index in [0.29, 0.717) is 0 Å². The van der Waals surface area contributed by atoms with Crippen molar-refractivity contribution in [1.29, 1.82) is 0 Å². The number of hydrogen-bond acceptors (Lipinski definition) is 6. The van der Waals surface area contributed by atoms with Crippen molar-refractivity contribution in [1.82, 2.24) is 0 Å². The van der Waals surface area contributed by atoms with Gasteiger partial charge < -0.3 is 28.8 Å². The molecule has 0 bridgehead atoms. The molecular weight excluding hydrogens is 306 g/mol. The topological polar surface area (TPSA) is 168 Å². The molecule has 0 aliphatic carbocycles. The molecule has 88 valence electrons. The molecule has 0 fully saturated rings. The first-order valence-electron chi connectivity index (χ1n) is 2.53. The van der Waals surface area contributed by atoms with Gasteiger partial charge >= 0.3 is 55.5 Å². The summed E-state index contributed by atoms with van der Waals surface area (Å²) < 4.78 is 44.7. The molecule has 0 rings (SSSR count). The summed E-state index contributed by atoms with van der Waals surface area (Å²) in [5, 5.41) is 0. The maximum Gasteiger partial charge on any atom is 1.00 e. The Morgan fingerprint density at radius 3 is 0.812 bits per heavy atom. The van der Waals surface area contributed by atoms with Gasteiger partial charge in [0.15, 0.2) is 17.4 Å². The second kappa shape index (κ2) is 15.0. The van der Waals surface area contributed by atoms with Crippen LogP contribution < -0.4 is 18.9 Å². The van der Waals surface area contributed by atoms with Crippen LogP contribution in [0.4, 0.5) is 0 Å². The molecule has 0 aromatic carbocycles. The first-order chi connectivity index (χ1) is 6.25. The van der Waals surface area contributed by atoms with Gasteiger partial charge in [0.1, 0.15) is 0 Å². The van der Waals surface area contributed by atoms with Gasteiger partial charge in [-0.15, -0.1) is 0 Å². The maximum atomic E-state index is 9.44. The quantitative estimate of drug-likeness (QED) is 0.366. The second-order valence-corrected chi connectivity index (χ2v) is 5.03. The van der Waals surface area contributed by atoms with Gasteiger partial charge in [-0.05, 0) is 0 Å². The van der Waals surface area contributed by atoms with Crippen LogP contribution in [0.1, 0.15) is 1.43 Å². The molecule has 0 heterocycles. The van der Waals surface area contributed by atoms with E-state index < -0.39 is 36.7 Å². The van der Waals surface area contributed by atoms with E-state index in [1.807, 2.05) is 0 Å². The Morgan fingerprint density at radius 1 is 0.688 bits per heavy atom. The summed E-state index contributed by atoms with van der Waals surface area (Å²) in [7, 11) is -12.8. The molecule has 0 unspecified atom stereocenters. The fourth-order valence-electron chi connectivity index (χ4n) is 0.149. The molecule has 0 aliphatic heterocycles. The zero-order chi connectivity index (χ0) is 11.7. The second-order valence-electron chi connectivity index (χ2n) is 1.27. The average Bonchev–Trinajstić information content (AvgIpc) is 1.79. The summed E-state index contributed by atoms with van der Waals surface area (Å²) in [6.07, 6.45) is 0. The molecule has 0 atom stereocenters. The fourth-order valence-corrected chi connectivity index (χ4v) is 1.34. The Kier molecular flexibility index (Phi) is 23.4. The third kappa shape index (κ3) is 37.0. The van der Waals surface area contributed by atoms with E-state index >= 15 is 0 Å². The van der Waals surface area contributed by atoms with Crippen LogP contribution in [-0.2, 0) is 26.1 Å². The van der Waals surface area contributed by atoms with Crippen LogP contribution >= 0.6 is 0 Å². The van der Waals surface area contributed by atoms with Gasteiger partial charge in [0, 0.05) is 0 Å². The number of hydrogen-bond donors (Lipinski definition) is 4. The van der Waals surface area contributed by atoms with Gasteiger partial charge in [0.05, 0.1) is 0 Å². The van der Waals surface area contributed by atoms with E-state index in [1.54, 1.807) is 0 Å². The fraction of sp³-hybridized carbons (Fsp3) is 0. The molecule has 0 aliphatic rings. The molecule has 10 nitrogen and oxygen atoms in total. The van der Waals surface area contributed by atoms with Crippen molar-refractivity contribution in [3.63, 3.8) is 0 Å². The van der Waals surface area contributed by atoms with Crippen molar-refractivity contribution in [2.24, 2.45) is 0 Å². The van der Waals surface area contributed by atoms with E-state index in [1.165, 1.54) is 0 Å². The number of rotatable bonds is 4. The molecule has 16 heteroatoms. The average molecular weight is 314 g/mol. The SMILES string of the molecule is O=[Si](O)O[Si](=O)O.O=[Si](O)O[Si](=O)O.[AlH3].[H-].[Li+]. The minimum Gasteiger partial charge on any atom is -1.00 e. The summed E-state index contributed by atoms with van der Waals surface area (Å²) in [6, 6.07) is 0. The van der Waals surface area contributed by atoms with E-state index in [2.05, 4.69) is 8.23 Å². The summed E-state index contributed by atoms with van der Waals surface area (Å²) in [5.41, 5.74) is 0. The van der Waals surface area contributed by atoms with Gasteiger partial charge in [-0.25, -0.2) is 0 Å². The molecule has 0 radical (unpaired) electrons. The largest absolute Gasteiger partial charge is 1.00 e. The Bertz CT molecular complexity index is 207. The standard InChI is InChI=1S/Al.Li.2H2O5Si2.4H/c;;2*1-6(2)5-7(3)4;;;;/h;;2*1,3H;;;;/q;+1;;;;;;-1. The van der Waals surface area contributed by atoms with Crippen LogP contribution in [0.3, 0.4) is 0 Å². The summed E-state index contributed by atoms with van der Waals surface area (Å²) in [6.45, 7) is 0. The van der Waals surface area contributed by atoms with Crippen LogP contribution in [0, 0.1) is 0 Å². The van der Waals surface area contributed by atoms with Gasteiger partial charge in [-0.1, -0.05) is 0 Å². The normalized spacial score (nSPS) is 6.50. The maximum absolute atomic E-state index is 9.44. The molecule has 16 heavy (non-hydrogen) atoms. The first kappa shape index (κ1) is 25.0. The predicted molar refractivity (Wildman–Crippen MR) is 47.9 cm³/mol. The zero-order valence-corrected chi connectivity index (χ0v) is 11.2. The van der Waals surface area contributed by atoms with E-state index in [4.69, 9.17) is 19.2 Å². The van der Waals surface area contributed by atoms with E-state index in [-0.39, 0.29) is 37.6 Å². The Hall–Kier alpha value is -0.00260. The molecule has 0 spiro atoms. The molecule has 0 amide bonds. The van der Waals surface area contributed by atoms with Crippen LogP contribution in [0.2, 0.25) is 0 Å². The van der Waals surface area contributed by atoms with Crippen LogP contribution in [-0.4, -0.2) is 73.2 Å². The Morgan fingerprint density at radius 2 is 0.812 bits per heavy atom. The minimum atomic E-state index is -3.20. The Labute approximate surface area is 119 Å². The van der Waals surface area contributed by atoms with Gasteiger partial charge in [-0.3, -0.25) is 17.8 Å². The first-order valence-corrected chi connectivity index (χ1v) is 7.58. The van der Waals surface area contributed by atoms with Gasteiger partial charge in [0.25, 0.3) is 0 Å². The predicted octanol–water partition coefficient (Wildman–Crippen LogP) is -8.43. The van der Waals surface area contributed by atoms with Crippen molar-refractivity contribution in [3.05, 3.63) is 0 Å². The van der Waals surface area contributed by atoms with Crippen molar-refractivity contribution < 1.29 is 65.5 Å². The zero-order valence-electron chi connectivity index (χ0n) is 8.24. The van der Waals surface area contributed by atoms with Gasteiger partial charge in [-0.2, -0.15) is 0 Å². The third-order valence-electron chi connectivity index (χ3n) is 0.349. The smallest absolute Gasteiger partial charge is 1.00 e. The molecule has 0 saturated heterocycles. The molecule has 0 aromatic rings. The van der Waals surface area contributed by atoms with Crippen molar-refractivity contribution >= 4 is 54.0 Å².